The molecule has 4 nitrogen and oxygen atoms in total. The van der Waals surface area contributed by atoms with Gasteiger partial charge in [0.1, 0.15) is 6.04 Å². The van der Waals surface area contributed by atoms with Crippen LogP contribution >= 0.6 is 11.3 Å². The van der Waals surface area contributed by atoms with Crippen LogP contribution in [0.1, 0.15) is 29.0 Å². The van der Waals surface area contributed by atoms with Crippen molar-refractivity contribution in [1.82, 2.24) is 5.32 Å². The number of nitrogens with one attached hydrogen (secondary N) is 1. The lowest BCUT2D eigenvalue weighted by molar-refractivity contribution is -0.143. The minimum Gasteiger partial charge on any atom is -0.480 e. The van der Waals surface area contributed by atoms with Crippen LogP contribution in [0.15, 0.2) is 12.1 Å². The third-order valence-corrected chi connectivity index (χ3v) is 3.73. The fourth-order valence-electron chi connectivity index (χ4n) is 1.71. The van der Waals surface area contributed by atoms with E-state index in [1.54, 1.807) is 11.3 Å². The number of carboxylic acid groups (broad SMARTS) is 1. The number of carbonyl (C=O) groups excluding carboxylic acids is 1. The van der Waals surface area contributed by atoms with Crippen molar-refractivity contribution in [3.63, 3.8) is 0 Å². The molecule has 1 aromatic rings. The molecule has 0 spiro atoms. The molecule has 20 heavy (non-hydrogen) atoms. The van der Waals surface area contributed by atoms with Crippen molar-refractivity contribution in [2.24, 2.45) is 0 Å². The van der Waals surface area contributed by atoms with Crippen molar-refractivity contribution in [2.75, 3.05) is 0 Å². The van der Waals surface area contributed by atoms with Crippen molar-refractivity contribution < 1.29 is 23.5 Å². The van der Waals surface area contributed by atoms with Crippen LogP contribution in [-0.4, -0.2) is 29.5 Å². The van der Waals surface area contributed by atoms with E-state index in [-0.39, 0.29) is 6.42 Å². The summed E-state index contributed by atoms with van der Waals surface area (Å²) in [6, 6.07) is 2.45. The Labute approximate surface area is 119 Å². The van der Waals surface area contributed by atoms with E-state index < -0.39 is 30.8 Å². The van der Waals surface area contributed by atoms with Crippen LogP contribution in [0.2, 0.25) is 0 Å². The molecule has 0 fully saturated rings. The molecule has 0 saturated heterocycles. The maximum Gasteiger partial charge on any atom is 0.326 e. The van der Waals surface area contributed by atoms with Gasteiger partial charge in [0.05, 0.1) is 0 Å². The van der Waals surface area contributed by atoms with Crippen LogP contribution in [0.25, 0.3) is 0 Å². The summed E-state index contributed by atoms with van der Waals surface area (Å²) in [6.07, 6.45) is -2.22. The Morgan fingerprint density at radius 2 is 2.10 bits per heavy atom. The lowest BCUT2D eigenvalue weighted by atomic mass is 10.1. The molecule has 0 aliphatic carbocycles. The molecule has 0 radical (unpaired) electrons. The first-order valence-corrected chi connectivity index (χ1v) is 7.05. The summed E-state index contributed by atoms with van der Waals surface area (Å²) in [4.78, 5) is 24.6. The second-order valence-corrected chi connectivity index (χ2v) is 5.82. The lowest BCUT2D eigenvalue weighted by Crippen LogP contribution is -2.41. The Morgan fingerprint density at radius 3 is 2.60 bits per heavy atom. The van der Waals surface area contributed by atoms with Crippen LogP contribution in [0.5, 0.6) is 0 Å². The summed E-state index contributed by atoms with van der Waals surface area (Å²) in [7, 11) is 0. The van der Waals surface area contributed by atoms with Gasteiger partial charge in [0, 0.05) is 22.6 Å². The zero-order valence-electron chi connectivity index (χ0n) is 11.1. The highest BCUT2D eigenvalue weighted by atomic mass is 32.1. The summed E-state index contributed by atoms with van der Waals surface area (Å²) in [5.74, 6) is -1.95. The first-order chi connectivity index (χ1) is 9.38. The van der Waals surface area contributed by atoms with Crippen LogP contribution < -0.4 is 5.32 Å². The molecule has 1 rings (SSSR count). The SMILES string of the molecule is Cc1ccc(CCCC(=O)NC(CC(F)F)C(=O)O)s1. The van der Waals surface area contributed by atoms with Crippen LogP contribution in [-0.2, 0) is 16.0 Å². The predicted molar refractivity (Wildman–Crippen MR) is 72.2 cm³/mol. The Morgan fingerprint density at radius 1 is 1.40 bits per heavy atom. The highest BCUT2D eigenvalue weighted by molar-refractivity contribution is 7.11. The number of carboxylic acids is 1. The topological polar surface area (TPSA) is 66.4 Å². The van der Waals surface area contributed by atoms with Gasteiger partial charge in [0.15, 0.2) is 0 Å². The number of rotatable bonds is 8. The third kappa shape index (κ3) is 6.10. The molecule has 0 bridgehead atoms. The van der Waals surface area contributed by atoms with Gasteiger partial charge in [-0.3, -0.25) is 4.79 Å². The van der Waals surface area contributed by atoms with E-state index in [1.165, 1.54) is 4.88 Å². The Balaban J connectivity index is 2.32. The maximum atomic E-state index is 12.2. The Bertz CT molecular complexity index is 462. The van der Waals surface area contributed by atoms with Crippen molar-refractivity contribution >= 4 is 23.2 Å². The van der Waals surface area contributed by atoms with Gasteiger partial charge in [-0.2, -0.15) is 0 Å². The van der Waals surface area contributed by atoms with Gasteiger partial charge in [0.25, 0.3) is 0 Å². The van der Waals surface area contributed by atoms with Gasteiger partial charge >= 0.3 is 5.97 Å². The number of carbonyl (C=O) groups is 2. The van der Waals surface area contributed by atoms with Crippen molar-refractivity contribution in [3.8, 4) is 0 Å². The summed E-state index contributed by atoms with van der Waals surface area (Å²) in [5, 5.41) is 10.9. The first kappa shape index (κ1) is 16.6. The van der Waals surface area contributed by atoms with Gasteiger partial charge in [-0.05, 0) is 31.9 Å². The van der Waals surface area contributed by atoms with E-state index in [2.05, 4.69) is 5.32 Å². The molecular weight excluding hydrogens is 288 g/mol. The lowest BCUT2D eigenvalue weighted by Gasteiger charge is -2.13. The number of alkyl halides is 2. The largest absolute Gasteiger partial charge is 0.480 e. The molecule has 0 aliphatic rings. The second-order valence-electron chi connectivity index (χ2n) is 4.45. The highest BCUT2D eigenvalue weighted by Gasteiger charge is 2.23. The molecule has 1 amide bonds. The van der Waals surface area contributed by atoms with E-state index >= 15 is 0 Å². The Hall–Kier alpha value is -1.50. The van der Waals surface area contributed by atoms with Gasteiger partial charge in [-0.25, -0.2) is 13.6 Å². The van der Waals surface area contributed by atoms with Gasteiger partial charge in [-0.1, -0.05) is 0 Å². The summed E-state index contributed by atoms with van der Waals surface area (Å²) >= 11 is 1.64. The van der Waals surface area contributed by atoms with Gasteiger partial charge in [-0.15, -0.1) is 11.3 Å². The molecular formula is C13H17F2NO3S. The fraction of sp³-hybridized carbons (Fsp3) is 0.538. The normalized spacial score (nSPS) is 12.4. The molecule has 0 saturated carbocycles. The molecule has 1 atom stereocenters. The average Bonchev–Trinajstić information content (AvgIpc) is 2.73. The van der Waals surface area contributed by atoms with Crippen LogP contribution in [0.4, 0.5) is 8.78 Å². The van der Waals surface area contributed by atoms with E-state index in [0.717, 1.165) is 11.3 Å². The van der Waals surface area contributed by atoms with E-state index in [4.69, 9.17) is 5.11 Å². The molecule has 7 heteroatoms. The van der Waals surface area contributed by atoms with Crippen LogP contribution in [0.3, 0.4) is 0 Å². The van der Waals surface area contributed by atoms with Crippen molar-refractivity contribution in [3.05, 3.63) is 21.9 Å². The monoisotopic (exact) mass is 305 g/mol. The molecule has 1 heterocycles. The second kappa shape index (κ2) is 7.94. The van der Waals surface area contributed by atoms with E-state index in [9.17, 15) is 18.4 Å². The standard InChI is InChI=1S/C13H17F2NO3S/c1-8-5-6-9(20-8)3-2-4-12(17)16-10(13(18)19)7-11(14)15/h5-6,10-11H,2-4,7H2,1H3,(H,16,17)(H,18,19). The number of aliphatic carboxylic acids is 1. The van der Waals surface area contributed by atoms with Gasteiger partial charge < -0.3 is 10.4 Å². The molecule has 2 N–H and O–H groups in total. The summed E-state index contributed by atoms with van der Waals surface area (Å²) in [6.45, 7) is 1.99. The minimum atomic E-state index is -2.76. The third-order valence-electron chi connectivity index (χ3n) is 2.67. The smallest absolute Gasteiger partial charge is 0.326 e. The molecule has 1 unspecified atom stereocenters. The molecule has 0 aromatic carbocycles. The number of thiophene rings is 1. The Kier molecular flexibility index (Phi) is 6.57. The number of hydrogen-bond donors (Lipinski definition) is 2. The number of aryl methyl sites for hydroxylation is 2. The average molecular weight is 305 g/mol. The molecule has 1 aromatic heterocycles. The zero-order valence-corrected chi connectivity index (χ0v) is 11.9. The van der Waals surface area contributed by atoms with Crippen LogP contribution in [0, 0.1) is 6.92 Å². The fourth-order valence-corrected chi connectivity index (χ4v) is 2.64. The number of hydrogen-bond acceptors (Lipinski definition) is 3. The van der Waals surface area contributed by atoms with E-state index in [1.807, 2.05) is 19.1 Å². The first-order valence-electron chi connectivity index (χ1n) is 6.24. The molecule has 0 aliphatic heterocycles. The molecule has 112 valence electrons. The summed E-state index contributed by atoms with van der Waals surface area (Å²) in [5.41, 5.74) is 0. The highest BCUT2D eigenvalue weighted by Crippen LogP contribution is 2.17. The predicted octanol–water partition coefficient (Wildman–Crippen LogP) is 2.60. The van der Waals surface area contributed by atoms with E-state index in [0.29, 0.717) is 6.42 Å². The number of halogens is 2. The quantitative estimate of drug-likeness (QED) is 0.776. The maximum absolute atomic E-state index is 12.2. The minimum absolute atomic E-state index is 0.129. The summed E-state index contributed by atoms with van der Waals surface area (Å²) < 4.78 is 24.3. The van der Waals surface area contributed by atoms with Crippen molar-refractivity contribution in [1.29, 1.82) is 0 Å². The number of amides is 1. The van der Waals surface area contributed by atoms with Crippen molar-refractivity contribution in [2.45, 2.75) is 45.1 Å². The zero-order chi connectivity index (χ0) is 15.1. The van der Waals surface area contributed by atoms with Gasteiger partial charge in [0.2, 0.25) is 12.3 Å².